The summed E-state index contributed by atoms with van der Waals surface area (Å²) in [7, 11) is 0. The van der Waals surface area contributed by atoms with Gasteiger partial charge in [0, 0.05) is 29.4 Å². The van der Waals surface area contributed by atoms with E-state index in [9.17, 15) is 5.11 Å². The van der Waals surface area contributed by atoms with Crippen LogP contribution in [0.25, 0.3) is 17.1 Å². The fraction of sp³-hybridized carbons (Fsp3) is 0.136. The molecule has 4 rings (SSSR count). The van der Waals surface area contributed by atoms with Crippen LogP contribution >= 0.6 is 11.8 Å². The zero-order valence-electron chi connectivity index (χ0n) is 15.6. The molecule has 1 atom stereocenters. The van der Waals surface area contributed by atoms with E-state index in [0.717, 1.165) is 22.8 Å². The highest BCUT2D eigenvalue weighted by Crippen LogP contribution is 2.28. The predicted octanol–water partition coefficient (Wildman–Crippen LogP) is 3.86. The Morgan fingerprint density at radius 2 is 1.59 bits per heavy atom. The molecule has 0 bridgehead atoms. The van der Waals surface area contributed by atoms with Crippen molar-refractivity contribution in [2.24, 2.45) is 0 Å². The van der Waals surface area contributed by atoms with Crippen molar-refractivity contribution in [2.45, 2.75) is 11.3 Å². The van der Waals surface area contributed by atoms with Gasteiger partial charge in [-0.2, -0.15) is 0 Å². The van der Waals surface area contributed by atoms with Crippen LogP contribution in [0.15, 0.2) is 90.3 Å². The third-order valence-corrected chi connectivity index (χ3v) is 5.25. The van der Waals surface area contributed by atoms with Gasteiger partial charge in [-0.05, 0) is 36.4 Å². The SMILES string of the molecule is OC(COc1ccccc1)CSc1nnc(-c2ccncc2)n1-c1ccccc1. The van der Waals surface area contributed by atoms with Gasteiger partial charge in [-0.3, -0.25) is 9.55 Å². The van der Waals surface area contributed by atoms with Crippen molar-refractivity contribution in [2.75, 3.05) is 12.4 Å². The maximum Gasteiger partial charge on any atom is 0.196 e. The van der Waals surface area contributed by atoms with E-state index in [1.165, 1.54) is 11.8 Å². The fourth-order valence-electron chi connectivity index (χ4n) is 2.79. The Morgan fingerprint density at radius 1 is 0.897 bits per heavy atom. The third-order valence-electron chi connectivity index (χ3n) is 4.18. The Balaban J connectivity index is 1.51. The van der Waals surface area contributed by atoms with E-state index in [1.54, 1.807) is 12.4 Å². The summed E-state index contributed by atoms with van der Waals surface area (Å²) in [4.78, 5) is 4.08. The second-order valence-corrected chi connectivity index (χ2v) is 7.29. The molecule has 0 aliphatic rings. The van der Waals surface area contributed by atoms with Gasteiger partial charge >= 0.3 is 0 Å². The normalized spacial score (nSPS) is 11.9. The van der Waals surface area contributed by atoms with Gasteiger partial charge in [-0.25, -0.2) is 0 Å². The lowest BCUT2D eigenvalue weighted by Gasteiger charge is -2.13. The molecule has 6 nitrogen and oxygen atoms in total. The molecule has 2 aromatic carbocycles. The number of hydrogen-bond donors (Lipinski definition) is 1. The first kappa shape index (κ1) is 19.2. The maximum atomic E-state index is 10.3. The molecule has 4 aromatic rings. The third kappa shape index (κ3) is 4.82. The summed E-state index contributed by atoms with van der Waals surface area (Å²) in [5.41, 5.74) is 1.89. The van der Waals surface area contributed by atoms with Crippen LogP contribution in [0.3, 0.4) is 0 Å². The van der Waals surface area contributed by atoms with Crippen LogP contribution in [-0.2, 0) is 0 Å². The Morgan fingerprint density at radius 3 is 2.31 bits per heavy atom. The Bertz CT molecular complexity index is 1030. The average Bonchev–Trinajstić information content (AvgIpc) is 3.22. The minimum atomic E-state index is -0.634. The molecule has 0 saturated heterocycles. The molecule has 0 fully saturated rings. The second kappa shape index (κ2) is 9.36. The molecule has 0 aliphatic heterocycles. The van der Waals surface area contributed by atoms with Gasteiger partial charge in [-0.1, -0.05) is 48.2 Å². The van der Waals surface area contributed by atoms with Crippen LogP contribution < -0.4 is 4.74 Å². The summed E-state index contributed by atoms with van der Waals surface area (Å²) >= 11 is 1.44. The number of aromatic nitrogens is 4. The van der Waals surface area contributed by atoms with E-state index in [2.05, 4.69) is 15.2 Å². The molecule has 0 saturated carbocycles. The summed E-state index contributed by atoms with van der Waals surface area (Å²) in [6.45, 7) is 0.216. The topological polar surface area (TPSA) is 73.1 Å². The number of ether oxygens (including phenoxy) is 1. The summed E-state index contributed by atoms with van der Waals surface area (Å²) in [6, 6.07) is 23.2. The number of aliphatic hydroxyl groups is 1. The van der Waals surface area contributed by atoms with E-state index in [0.29, 0.717) is 10.9 Å². The van der Waals surface area contributed by atoms with Crippen molar-refractivity contribution in [3.8, 4) is 22.8 Å². The lowest BCUT2D eigenvalue weighted by atomic mass is 10.2. The number of hydrogen-bond acceptors (Lipinski definition) is 6. The Hall–Kier alpha value is -3.16. The van der Waals surface area contributed by atoms with Crippen LogP contribution in [0.2, 0.25) is 0 Å². The van der Waals surface area contributed by atoms with Gasteiger partial charge in [-0.15, -0.1) is 10.2 Å². The minimum Gasteiger partial charge on any atom is -0.491 e. The van der Waals surface area contributed by atoms with Crippen molar-refractivity contribution in [3.63, 3.8) is 0 Å². The number of rotatable bonds is 8. The van der Waals surface area contributed by atoms with Gasteiger partial charge in [0.05, 0.1) is 6.10 Å². The van der Waals surface area contributed by atoms with Gasteiger partial charge < -0.3 is 9.84 Å². The number of para-hydroxylation sites is 2. The van der Waals surface area contributed by atoms with Crippen molar-refractivity contribution in [1.29, 1.82) is 0 Å². The molecule has 2 heterocycles. The van der Waals surface area contributed by atoms with Crippen molar-refractivity contribution < 1.29 is 9.84 Å². The molecule has 146 valence electrons. The van der Waals surface area contributed by atoms with Gasteiger partial charge in [0.1, 0.15) is 12.4 Å². The number of nitrogens with zero attached hydrogens (tertiary/aromatic N) is 4. The van der Waals surface area contributed by atoms with E-state index < -0.39 is 6.10 Å². The lowest BCUT2D eigenvalue weighted by molar-refractivity contribution is 0.126. The summed E-state index contributed by atoms with van der Waals surface area (Å²) in [5, 5.41) is 19.8. The number of pyridine rings is 1. The number of aliphatic hydroxyl groups excluding tert-OH is 1. The zero-order chi connectivity index (χ0) is 19.9. The average molecular weight is 404 g/mol. The monoisotopic (exact) mass is 404 g/mol. The molecule has 29 heavy (non-hydrogen) atoms. The van der Waals surface area contributed by atoms with Crippen molar-refractivity contribution >= 4 is 11.8 Å². The van der Waals surface area contributed by atoms with Crippen LogP contribution in [0, 0.1) is 0 Å². The standard InChI is InChI=1S/C22H20N4O2S/c27-19(15-28-20-9-5-2-6-10-20)16-29-22-25-24-21(17-11-13-23-14-12-17)26(22)18-7-3-1-4-8-18/h1-14,19,27H,15-16H2. The highest BCUT2D eigenvalue weighted by atomic mass is 32.2. The summed E-state index contributed by atoms with van der Waals surface area (Å²) < 4.78 is 7.62. The van der Waals surface area contributed by atoms with Gasteiger partial charge in [0.15, 0.2) is 11.0 Å². The molecule has 0 aliphatic carbocycles. The second-order valence-electron chi connectivity index (χ2n) is 6.30. The van der Waals surface area contributed by atoms with Gasteiger partial charge in [0.2, 0.25) is 0 Å². The first-order valence-corrected chi connectivity index (χ1v) is 10.2. The predicted molar refractivity (Wildman–Crippen MR) is 113 cm³/mol. The van der Waals surface area contributed by atoms with E-state index >= 15 is 0 Å². The molecule has 1 N–H and O–H groups in total. The molecule has 7 heteroatoms. The van der Waals surface area contributed by atoms with Gasteiger partial charge in [0.25, 0.3) is 0 Å². The summed E-state index contributed by atoms with van der Waals surface area (Å²) in [6.07, 6.45) is 2.83. The van der Waals surface area contributed by atoms with Crippen molar-refractivity contribution in [3.05, 3.63) is 85.2 Å². The van der Waals surface area contributed by atoms with E-state index in [4.69, 9.17) is 4.74 Å². The van der Waals surface area contributed by atoms with Crippen molar-refractivity contribution in [1.82, 2.24) is 19.7 Å². The quantitative estimate of drug-likeness (QED) is 0.450. The first-order valence-electron chi connectivity index (χ1n) is 9.21. The molecule has 0 spiro atoms. The van der Waals surface area contributed by atoms with E-state index in [-0.39, 0.29) is 6.61 Å². The lowest BCUT2D eigenvalue weighted by Crippen LogP contribution is -2.20. The maximum absolute atomic E-state index is 10.3. The zero-order valence-corrected chi connectivity index (χ0v) is 16.4. The van der Waals surface area contributed by atoms with Crippen LogP contribution in [0.5, 0.6) is 5.75 Å². The molecule has 1 unspecified atom stereocenters. The Kier molecular flexibility index (Phi) is 6.19. The largest absolute Gasteiger partial charge is 0.491 e. The smallest absolute Gasteiger partial charge is 0.196 e. The molecule has 0 radical (unpaired) electrons. The van der Waals surface area contributed by atoms with Crippen LogP contribution in [0.1, 0.15) is 0 Å². The number of thioether (sulfide) groups is 1. The first-order chi connectivity index (χ1) is 14.3. The molecular formula is C22H20N4O2S. The molecule has 2 aromatic heterocycles. The molecule has 0 amide bonds. The van der Waals surface area contributed by atoms with Crippen LogP contribution in [0.4, 0.5) is 0 Å². The highest BCUT2D eigenvalue weighted by Gasteiger charge is 2.17. The fourth-order valence-corrected chi connectivity index (χ4v) is 3.65. The number of benzene rings is 2. The Labute approximate surface area is 173 Å². The van der Waals surface area contributed by atoms with E-state index in [1.807, 2.05) is 77.4 Å². The minimum absolute atomic E-state index is 0.216. The van der Waals surface area contributed by atoms with Crippen LogP contribution in [-0.4, -0.2) is 43.3 Å². The molecular weight excluding hydrogens is 384 g/mol. The summed E-state index contributed by atoms with van der Waals surface area (Å²) in [5.74, 6) is 1.91. The highest BCUT2D eigenvalue weighted by molar-refractivity contribution is 7.99.